The highest BCUT2D eigenvalue weighted by atomic mass is 32.2. The number of hydrogen-bond donors (Lipinski definition) is 0. The fourth-order valence-corrected chi connectivity index (χ4v) is 3.80. The summed E-state index contributed by atoms with van der Waals surface area (Å²) in [5, 5.41) is 0. The average Bonchev–Trinajstić information content (AvgIpc) is 2.64. The minimum atomic E-state index is -2.90. The van der Waals surface area contributed by atoms with Gasteiger partial charge in [0.15, 0.2) is 0 Å². The molecule has 1 aliphatic carbocycles. The summed E-state index contributed by atoms with van der Waals surface area (Å²) < 4.78 is 24.8. The second kappa shape index (κ2) is 2.70. The van der Waals surface area contributed by atoms with Crippen LogP contribution in [0.5, 0.6) is 0 Å². The third-order valence-corrected chi connectivity index (χ3v) is 4.97. The molecule has 1 saturated carbocycles. The predicted molar refractivity (Wildman–Crippen MR) is 47.3 cm³/mol. The van der Waals surface area contributed by atoms with Gasteiger partial charge in [0, 0.05) is 12.6 Å². The summed E-state index contributed by atoms with van der Waals surface area (Å²) in [6, 6.07) is 0.347. The van der Waals surface area contributed by atoms with Crippen LogP contribution in [0.4, 0.5) is 0 Å². The Morgan fingerprint density at radius 2 is 2.17 bits per heavy atom. The minimum absolute atomic E-state index is 0.260. The highest BCUT2D eigenvalue weighted by molar-refractivity contribution is 7.89. The lowest BCUT2D eigenvalue weighted by Crippen LogP contribution is -2.38. The second-order valence-electron chi connectivity index (χ2n) is 3.80. The number of rotatable bonds is 2. The fraction of sp³-hybridized carbons (Fsp3) is 1.00. The van der Waals surface area contributed by atoms with Crippen LogP contribution in [0.2, 0.25) is 0 Å². The zero-order valence-electron chi connectivity index (χ0n) is 7.36. The van der Waals surface area contributed by atoms with E-state index in [1.54, 1.807) is 11.2 Å². The Hall–Kier alpha value is -0.0900. The quantitative estimate of drug-likeness (QED) is 0.645. The van der Waals surface area contributed by atoms with Crippen molar-refractivity contribution in [2.45, 2.75) is 32.2 Å². The summed E-state index contributed by atoms with van der Waals surface area (Å²) in [6.07, 6.45) is 3.43. The SMILES string of the molecule is CCS(=O)(=O)N1CC2CCC1C2. The monoisotopic (exact) mass is 189 g/mol. The Kier molecular flexibility index (Phi) is 1.92. The molecule has 1 saturated heterocycles. The van der Waals surface area contributed by atoms with Crippen LogP contribution in [0.3, 0.4) is 0 Å². The minimum Gasteiger partial charge on any atom is -0.212 e. The van der Waals surface area contributed by atoms with E-state index in [4.69, 9.17) is 0 Å². The van der Waals surface area contributed by atoms with E-state index in [1.165, 1.54) is 6.42 Å². The molecule has 0 radical (unpaired) electrons. The molecule has 2 unspecified atom stereocenters. The number of nitrogens with zero attached hydrogens (tertiary/aromatic N) is 1. The van der Waals surface area contributed by atoms with E-state index in [0.717, 1.165) is 19.4 Å². The van der Waals surface area contributed by atoms with Crippen molar-refractivity contribution >= 4 is 10.0 Å². The van der Waals surface area contributed by atoms with E-state index in [-0.39, 0.29) is 5.75 Å². The molecule has 1 aliphatic heterocycles. The van der Waals surface area contributed by atoms with E-state index in [1.807, 2.05) is 0 Å². The smallest absolute Gasteiger partial charge is 0.212 e. The molecule has 2 atom stereocenters. The van der Waals surface area contributed by atoms with Gasteiger partial charge in [0.05, 0.1) is 5.75 Å². The molecule has 4 heteroatoms. The van der Waals surface area contributed by atoms with Crippen molar-refractivity contribution in [3.8, 4) is 0 Å². The summed E-state index contributed by atoms with van der Waals surface area (Å²) in [5.74, 6) is 0.923. The Morgan fingerprint density at radius 3 is 2.58 bits per heavy atom. The molecule has 0 aromatic carbocycles. The standard InChI is InChI=1S/C8H15NO2S/c1-2-12(10,11)9-6-7-3-4-8(9)5-7/h7-8H,2-6H2,1H3. The molecule has 70 valence electrons. The Bertz CT molecular complexity index is 273. The predicted octanol–water partition coefficient (Wildman–Crippen LogP) is 0.820. The van der Waals surface area contributed by atoms with Crippen LogP contribution < -0.4 is 0 Å². The summed E-state index contributed by atoms with van der Waals surface area (Å²) >= 11 is 0. The zero-order chi connectivity index (χ0) is 8.77. The maximum atomic E-state index is 11.5. The van der Waals surface area contributed by atoms with Crippen molar-refractivity contribution in [2.24, 2.45) is 5.92 Å². The van der Waals surface area contributed by atoms with E-state index in [9.17, 15) is 8.42 Å². The number of fused-ring (bicyclic) bond motifs is 2. The van der Waals surface area contributed by atoms with Gasteiger partial charge in [-0.3, -0.25) is 0 Å². The van der Waals surface area contributed by atoms with Crippen molar-refractivity contribution < 1.29 is 8.42 Å². The third kappa shape index (κ3) is 1.17. The van der Waals surface area contributed by atoms with E-state index >= 15 is 0 Å². The van der Waals surface area contributed by atoms with Gasteiger partial charge in [0.1, 0.15) is 0 Å². The largest absolute Gasteiger partial charge is 0.214 e. The highest BCUT2D eigenvalue weighted by Gasteiger charge is 2.42. The first-order valence-electron chi connectivity index (χ1n) is 4.63. The lowest BCUT2D eigenvalue weighted by molar-refractivity contribution is 0.334. The van der Waals surface area contributed by atoms with Crippen molar-refractivity contribution in [3.63, 3.8) is 0 Å². The van der Waals surface area contributed by atoms with Crippen LogP contribution in [0.25, 0.3) is 0 Å². The van der Waals surface area contributed by atoms with Crippen LogP contribution >= 0.6 is 0 Å². The van der Waals surface area contributed by atoms with E-state index < -0.39 is 10.0 Å². The summed E-state index contributed by atoms with van der Waals surface area (Å²) in [6.45, 7) is 2.52. The molecular formula is C8H15NO2S. The van der Waals surface area contributed by atoms with Gasteiger partial charge in [-0.2, -0.15) is 4.31 Å². The summed E-state index contributed by atoms with van der Waals surface area (Å²) in [7, 11) is -2.90. The average molecular weight is 189 g/mol. The molecule has 2 rings (SSSR count). The molecule has 1 heterocycles. The van der Waals surface area contributed by atoms with Crippen LogP contribution in [0, 0.1) is 5.92 Å². The van der Waals surface area contributed by atoms with Gasteiger partial charge in [0.2, 0.25) is 10.0 Å². The highest BCUT2D eigenvalue weighted by Crippen LogP contribution is 2.38. The lowest BCUT2D eigenvalue weighted by atomic mass is 10.1. The molecule has 0 amide bonds. The summed E-state index contributed by atoms with van der Waals surface area (Å²) in [4.78, 5) is 0. The number of sulfonamides is 1. The van der Waals surface area contributed by atoms with Crippen LogP contribution in [-0.2, 0) is 10.0 Å². The molecule has 0 spiro atoms. The van der Waals surface area contributed by atoms with Crippen LogP contribution in [0.1, 0.15) is 26.2 Å². The van der Waals surface area contributed by atoms with Gasteiger partial charge in [-0.25, -0.2) is 8.42 Å². The maximum absolute atomic E-state index is 11.5. The van der Waals surface area contributed by atoms with Crippen LogP contribution in [-0.4, -0.2) is 31.1 Å². The zero-order valence-corrected chi connectivity index (χ0v) is 8.18. The molecule has 2 bridgehead atoms. The molecule has 2 aliphatic rings. The third-order valence-electron chi connectivity index (χ3n) is 3.08. The Morgan fingerprint density at radius 1 is 1.42 bits per heavy atom. The molecule has 2 fully saturated rings. The van der Waals surface area contributed by atoms with Gasteiger partial charge >= 0.3 is 0 Å². The van der Waals surface area contributed by atoms with Gasteiger partial charge < -0.3 is 0 Å². The van der Waals surface area contributed by atoms with Crippen molar-refractivity contribution in [1.82, 2.24) is 4.31 Å². The number of hydrogen-bond acceptors (Lipinski definition) is 2. The van der Waals surface area contributed by atoms with Crippen LogP contribution in [0.15, 0.2) is 0 Å². The molecular weight excluding hydrogens is 174 g/mol. The molecule has 3 nitrogen and oxygen atoms in total. The first-order chi connectivity index (χ1) is 5.63. The first-order valence-corrected chi connectivity index (χ1v) is 6.24. The topological polar surface area (TPSA) is 37.4 Å². The normalized spacial score (nSPS) is 36.1. The Labute approximate surface area is 73.8 Å². The lowest BCUT2D eigenvalue weighted by Gasteiger charge is -2.25. The Balaban J connectivity index is 2.17. The number of piperidine rings is 1. The van der Waals surface area contributed by atoms with Crippen molar-refractivity contribution in [1.29, 1.82) is 0 Å². The fourth-order valence-electron chi connectivity index (χ4n) is 2.39. The molecule has 0 aromatic rings. The molecule has 0 aromatic heterocycles. The van der Waals surface area contributed by atoms with E-state index in [0.29, 0.717) is 12.0 Å². The van der Waals surface area contributed by atoms with Gasteiger partial charge in [-0.05, 0) is 32.1 Å². The van der Waals surface area contributed by atoms with Gasteiger partial charge in [-0.15, -0.1) is 0 Å². The molecule has 12 heavy (non-hydrogen) atoms. The maximum Gasteiger partial charge on any atom is 0.214 e. The first kappa shape index (κ1) is 8.51. The van der Waals surface area contributed by atoms with Gasteiger partial charge in [0.25, 0.3) is 0 Å². The van der Waals surface area contributed by atoms with Crippen molar-refractivity contribution in [3.05, 3.63) is 0 Å². The van der Waals surface area contributed by atoms with Gasteiger partial charge in [-0.1, -0.05) is 0 Å². The molecule has 0 N–H and O–H groups in total. The second-order valence-corrected chi connectivity index (χ2v) is 6.01. The summed E-state index contributed by atoms with van der Waals surface area (Å²) in [5.41, 5.74) is 0. The van der Waals surface area contributed by atoms with Crippen molar-refractivity contribution in [2.75, 3.05) is 12.3 Å². The van der Waals surface area contributed by atoms with E-state index in [2.05, 4.69) is 0 Å².